The van der Waals surface area contributed by atoms with Gasteiger partial charge < -0.3 is 15.1 Å². The number of nitrogens with zero attached hydrogens (tertiary/aromatic N) is 5. The summed E-state index contributed by atoms with van der Waals surface area (Å²) in [5, 5.41) is 14.1. The zero-order valence-electron chi connectivity index (χ0n) is 12.5. The molecule has 0 aliphatic rings. The molecule has 0 spiro atoms. The predicted octanol–water partition coefficient (Wildman–Crippen LogP) is 1.20. The average Bonchev–Trinajstić information content (AvgIpc) is 2.41. The first kappa shape index (κ1) is 16.1. The van der Waals surface area contributed by atoms with E-state index in [4.69, 9.17) is 0 Å². The maximum Gasteiger partial charge on any atom is 0.329 e. The van der Waals surface area contributed by atoms with E-state index in [2.05, 4.69) is 15.3 Å². The van der Waals surface area contributed by atoms with E-state index in [1.54, 1.807) is 11.9 Å². The van der Waals surface area contributed by atoms with Gasteiger partial charge in [0.25, 0.3) is 0 Å². The van der Waals surface area contributed by atoms with Gasteiger partial charge in [-0.3, -0.25) is 10.1 Å². The molecule has 8 nitrogen and oxygen atoms in total. The van der Waals surface area contributed by atoms with Crippen LogP contribution in [0.25, 0.3) is 0 Å². The van der Waals surface area contributed by atoms with Gasteiger partial charge in [-0.25, -0.2) is 4.98 Å². The van der Waals surface area contributed by atoms with Gasteiger partial charge in [-0.15, -0.1) is 0 Å². The highest BCUT2D eigenvalue weighted by Crippen LogP contribution is 2.24. The van der Waals surface area contributed by atoms with Crippen LogP contribution in [-0.2, 0) is 0 Å². The Bertz CT molecular complexity index is 452. The molecule has 1 N–H and O–H groups in total. The molecule has 0 saturated heterocycles. The lowest BCUT2D eigenvalue weighted by Gasteiger charge is -2.20. The summed E-state index contributed by atoms with van der Waals surface area (Å²) in [5.41, 5.74) is -0.0756. The summed E-state index contributed by atoms with van der Waals surface area (Å²) in [6.45, 7) is 4.20. The van der Waals surface area contributed by atoms with Crippen molar-refractivity contribution < 1.29 is 4.92 Å². The summed E-state index contributed by atoms with van der Waals surface area (Å²) >= 11 is 0. The predicted molar refractivity (Wildman–Crippen MR) is 79.3 cm³/mol. The van der Waals surface area contributed by atoms with Crippen LogP contribution in [0.15, 0.2) is 6.20 Å². The fraction of sp³-hybridized carbons (Fsp3) is 0.667. The molecular formula is C12H22N6O2. The molecule has 0 amide bonds. The first-order chi connectivity index (χ1) is 9.45. The summed E-state index contributed by atoms with van der Waals surface area (Å²) in [6.07, 6.45) is 2.19. The molecule has 0 unspecified atom stereocenters. The molecule has 20 heavy (non-hydrogen) atoms. The third-order valence-electron chi connectivity index (χ3n) is 2.72. The standard InChI is InChI=1S/C12H22N6O2/c1-5-6-13-12-14-9-10(18(19)20)11(15-12)17(4)8-7-16(2)3/h9H,5-8H2,1-4H3,(H,13,14,15). The minimum absolute atomic E-state index is 0.0756. The Labute approximate surface area is 119 Å². The van der Waals surface area contributed by atoms with Gasteiger partial charge in [-0.2, -0.15) is 4.98 Å². The lowest BCUT2D eigenvalue weighted by Crippen LogP contribution is -2.29. The van der Waals surface area contributed by atoms with Crippen molar-refractivity contribution in [1.29, 1.82) is 0 Å². The van der Waals surface area contributed by atoms with Crippen molar-refractivity contribution in [3.8, 4) is 0 Å². The summed E-state index contributed by atoms with van der Waals surface area (Å²) < 4.78 is 0. The fourth-order valence-electron chi connectivity index (χ4n) is 1.55. The van der Waals surface area contributed by atoms with Crippen LogP contribution < -0.4 is 10.2 Å². The van der Waals surface area contributed by atoms with E-state index >= 15 is 0 Å². The van der Waals surface area contributed by atoms with Gasteiger partial charge in [0.2, 0.25) is 11.8 Å². The summed E-state index contributed by atoms with van der Waals surface area (Å²) in [4.78, 5) is 22.6. The maximum atomic E-state index is 11.1. The number of hydrogen-bond donors (Lipinski definition) is 1. The second-order valence-corrected chi connectivity index (χ2v) is 4.81. The third-order valence-corrected chi connectivity index (χ3v) is 2.72. The van der Waals surface area contributed by atoms with E-state index in [9.17, 15) is 10.1 Å². The van der Waals surface area contributed by atoms with E-state index in [0.29, 0.717) is 18.3 Å². The molecule has 0 bridgehead atoms. The lowest BCUT2D eigenvalue weighted by molar-refractivity contribution is -0.384. The zero-order valence-corrected chi connectivity index (χ0v) is 12.5. The normalized spacial score (nSPS) is 10.7. The summed E-state index contributed by atoms with van der Waals surface area (Å²) in [6, 6.07) is 0. The fourth-order valence-corrected chi connectivity index (χ4v) is 1.55. The van der Waals surface area contributed by atoms with Gasteiger partial charge in [0, 0.05) is 26.7 Å². The van der Waals surface area contributed by atoms with Crippen molar-refractivity contribution >= 4 is 17.5 Å². The van der Waals surface area contributed by atoms with Crippen molar-refractivity contribution in [3.63, 3.8) is 0 Å². The molecule has 0 aromatic carbocycles. The monoisotopic (exact) mass is 282 g/mol. The van der Waals surface area contributed by atoms with Crippen LogP contribution >= 0.6 is 0 Å². The molecule has 112 valence electrons. The largest absolute Gasteiger partial charge is 0.354 e. The number of nitrogens with one attached hydrogen (secondary N) is 1. The summed E-state index contributed by atoms with van der Waals surface area (Å²) in [5.74, 6) is 0.759. The number of nitro groups is 1. The smallest absolute Gasteiger partial charge is 0.329 e. The first-order valence-corrected chi connectivity index (χ1v) is 6.56. The zero-order chi connectivity index (χ0) is 15.1. The number of aromatic nitrogens is 2. The quantitative estimate of drug-likeness (QED) is 0.566. The van der Waals surface area contributed by atoms with Gasteiger partial charge in [0.1, 0.15) is 6.20 Å². The van der Waals surface area contributed by atoms with Crippen LogP contribution in [0.1, 0.15) is 13.3 Å². The molecule has 1 aromatic heterocycles. The molecule has 0 aliphatic heterocycles. The van der Waals surface area contributed by atoms with Crippen LogP contribution in [0.3, 0.4) is 0 Å². The van der Waals surface area contributed by atoms with Gasteiger partial charge in [0.15, 0.2) is 0 Å². The number of rotatable bonds is 8. The highest BCUT2D eigenvalue weighted by atomic mass is 16.6. The molecule has 0 aliphatic carbocycles. The Hall–Kier alpha value is -1.96. The number of likely N-dealkylation sites (N-methyl/N-ethyl adjacent to an activating group) is 2. The molecule has 8 heteroatoms. The molecule has 0 radical (unpaired) electrons. The van der Waals surface area contributed by atoms with Crippen molar-refractivity contribution in [2.24, 2.45) is 0 Å². The maximum absolute atomic E-state index is 11.1. The second-order valence-electron chi connectivity index (χ2n) is 4.81. The second kappa shape index (κ2) is 7.59. The molecule has 0 atom stereocenters. The Morgan fingerprint density at radius 3 is 2.60 bits per heavy atom. The van der Waals surface area contributed by atoms with Gasteiger partial charge >= 0.3 is 5.69 Å². The van der Waals surface area contributed by atoms with E-state index in [1.807, 2.05) is 25.9 Å². The Balaban J connectivity index is 2.95. The van der Waals surface area contributed by atoms with Crippen molar-refractivity contribution in [1.82, 2.24) is 14.9 Å². The van der Waals surface area contributed by atoms with Gasteiger partial charge in [-0.1, -0.05) is 6.92 Å². The highest BCUT2D eigenvalue weighted by Gasteiger charge is 2.20. The number of hydrogen-bond acceptors (Lipinski definition) is 7. The van der Waals surface area contributed by atoms with Crippen LogP contribution in [0.2, 0.25) is 0 Å². The van der Waals surface area contributed by atoms with Crippen LogP contribution in [0.4, 0.5) is 17.5 Å². The molecule has 1 rings (SSSR count). The lowest BCUT2D eigenvalue weighted by atomic mass is 10.4. The molecule has 0 fully saturated rings. The topological polar surface area (TPSA) is 87.4 Å². The molecule has 0 saturated carbocycles. The summed E-state index contributed by atoms with van der Waals surface area (Å²) in [7, 11) is 5.70. The van der Waals surface area contributed by atoms with Gasteiger partial charge in [0.05, 0.1) is 4.92 Å². The van der Waals surface area contributed by atoms with Crippen LogP contribution in [0, 0.1) is 10.1 Å². The molecule has 1 aromatic rings. The number of anilines is 2. The van der Waals surface area contributed by atoms with Crippen molar-refractivity contribution in [2.45, 2.75) is 13.3 Å². The van der Waals surface area contributed by atoms with Crippen molar-refractivity contribution in [3.05, 3.63) is 16.3 Å². The third kappa shape index (κ3) is 4.61. The van der Waals surface area contributed by atoms with Gasteiger partial charge in [-0.05, 0) is 20.5 Å². The Morgan fingerprint density at radius 1 is 1.35 bits per heavy atom. The van der Waals surface area contributed by atoms with E-state index in [0.717, 1.165) is 19.5 Å². The molecule has 1 heterocycles. The van der Waals surface area contributed by atoms with E-state index < -0.39 is 4.92 Å². The Morgan fingerprint density at radius 2 is 2.05 bits per heavy atom. The minimum Gasteiger partial charge on any atom is -0.354 e. The van der Waals surface area contributed by atoms with E-state index in [1.165, 1.54) is 6.20 Å². The molecular weight excluding hydrogens is 260 g/mol. The highest BCUT2D eigenvalue weighted by molar-refractivity contribution is 5.58. The first-order valence-electron chi connectivity index (χ1n) is 6.56. The van der Waals surface area contributed by atoms with Crippen LogP contribution in [0.5, 0.6) is 0 Å². The Kier molecular flexibility index (Phi) is 6.10. The minimum atomic E-state index is -0.453. The van der Waals surface area contributed by atoms with Crippen molar-refractivity contribution in [2.75, 3.05) is 51.0 Å². The SMILES string of the molecule is CCCNc1ncc([N+](=O)[O-])c(N(C)CCN(C)C)n1. The van der Waals surface area contributed by atoms with Crippen LogP contribution in [-0.4, -0.2) is 60.6 Å². The average molecular weight is 282 g/mol. The van der Waals surface area contributed by atoms with E-state index in [-0.39, 0.29) is 5.69 Å².